The van der Waals surface area contributed by atoms with Gasteiger partial charge in [-0.2, -0.15) is 0 Å². The molecule has 0 saturated heterocycles. The van der Waals surface area contributed by atoms with E-state index in [2.05, 4.69) is 27.9 Å². The molecule has 0 aliphatic rings. The Bertz CT molecular complexity index is 395. The van der Waals surface area contributed by atoms with Crippen molar-refractivity contribution in [1.82, 2.24) is 5.32 Å². The number of hydrogen-bond donors (Lipinski definition) is 1. The van der Waals surface area contributed by atoms with Crippen molar-refractivity contribution in [3.8, 4) is 0 Å². The van der Waals surface area contributed by atoms with E-state index in [0.717, 1.165) is 10.8 Å². The van der Waals surface area contributed by atoms with Crippen LogP contribution in [-0.4, -0.2) is 21.8 Å². The zero-order valence-electron chi connectivity index (χ0n) is 8.48. The van der Waals surface area contributed by atoms with Gasteiger partial charge in [0.2, 0.25) is 0 Å². The molecule has 0 fully saturated rings. The minimum Gasteiger partial charge on any atom is -0.352 e. The summed E-state index contributed by atoms with van der Waals surface area (Å²) in [6.07, 6.45) is 0.890. The highest BCUT2D eigenvalue weighted by Gasteiger charge is 2.10. The van der Waals surface area contributed by atoms with Gasteiger partial charge in [-0.25, -0.2) is 0 Å². The molecule has 0 atom stereocenters. The van der Waals surface area contributed by atoms with E-state index in [1.807, 2.05) is 0 Å². The normalized spacial score (nSPS) is 9.81. The molecule has 16 heavy (non-hydrogen) atoms. The smallest absolute Gasteiger partial charge is 0.270 e. The van der Waals surface area contributed by atoms with Gasteiger partial charge in [-0.15, -0.1) is 0 Å². The zero-order chi connectivity index (χ0) is 12.0. The highest BCUT2D eigenvalue weighted by Crippen LogP contribution is 2.12. The van der Waals surface area contributed by atoms with Crippen LogP contribution >= 0.6 is 22.6 Å². The Morgan fingerprint density at radius 3 is 2.88 bits per heavy atom. The number of nitro groups is 1. The van der Waals surface area contributed by atoms with Crippen LogP contribution < -0.4 is 5.32 Å². The molecule has 5 nitrogen and oxygen atoms in total. The van der Waals surface area contributed by atoms with Gasteiger partial charge in [0.25, 0.3) is 11.6 Å². The van der Waals surface area contributed by atoms with Crippen molar-refractivity contribution >= 4 is 34.2 Å². The summed E-state index contributed by atoms with van der Waals surface area (Å²) in [5.41, 5.74) is 0.254. The van der Waals surface area contributed by atoms with Gasteiger partial charge in [0.05, 0.1) is 4.92 Å². The van der Waals surface area contributed by atoms with Crippen LogP contribution in [0.15, 0.2) is 24.3 Å². The van der Waals surface area contributed by atoms with Crippen LogP contribution in [0, 0.1) is 10.1 Å². The van der Waals surface area contributed by atoms with Crippen LogP contribution in [0.25, 0.3) is 0 Å². The third-order valence-electron chi connectivity index (χ3n) is 1.92. The molecule has 1 rings (SSSR count). The van der Waals surface area contributed by atoms with Crippen molar-refractivity contribution in [3.63, 3.8) is 0 Å². The van der Waals surface area contributed by atoms with Gasteiger partial charge in [-0.05, 0) is 12.5 Å². The predicted molar refractivity (Wildman–Crippen MR) is 68.9 cm³/mol. The molecule has 86 valence electrons. The number of benzene rings is 1. The lowest BCUT2D eigenvalue weighted by atomic mass is 10.2. The zero-order valence-corrected chi connectivity index (χ0v) is 10.6. The van der Waals surface area contributed by atoms with E-state index in [4.69, 9.17) is 0 Å². The van der Waals surface area contributed by atoms with Crippen molar-refractivity contribution in [2.75, 3.05) is 11.0 Å². The molecule has 0 bridgehead atoms. The second-order valence-corrected chi connectivity index (χ2v) is 4.18. The summed E-state index contributed by atoms with van der Waals surface area (Å²) in [5, 5.41) is 13.2. The number of alkyl halides is 1. The Labute approximate surface area is 107 Å². The van der Waals surface area contributed by atoms with E-state index < -0.39 is 4.92 Å². The van der Waals surface area contributed by atoms with Crippen molar-refractivity contribution < 1.29 is 9.72 Å². The Morgan fingerprint density at radius 1 is 1.50 bits per heavy atom. The van der Waals surface area contributed by atoms with Gasteiger partial charge in [0.15, 0.2) is 0 Å². The van der Waals surface area contributed by atoms with Crippen LogP contribution in [0.4, 0.5) is 5.69 Å². The molecule has 1 N–H and O–H groups in total. The summed E-state index contributed by atoms with van der Waals surface area (Å²) in [6, 6.07) is 5.71. The van der Waals surface area contributed by atoms with E-state index >= 15 is 0 Å². The van der Waals surface area contributed by atoms with Gasteiger partial charge in [0, 0.05) is 28.7 Å². The fourth-order valence-corrected chi connectivity index (χ4v) is 1.51. The maximum absolute atomic E-state index is 11.6. The van der Waals surface area contributed by atoms with Crippen molar-refractivity contribution in [3.05, 3.63) is 39.9 Å². The Balaban J connectivity index is 2.68. The summed E-state index contributed by atoms with van der Waals surface area (Å²) in [5.74, 6) is -0.270. The van der Waals surface area contributed by atoms with Gasteiger partial charge in [0.1, 0.15) is 0 Å². The van der Waals surface area contributed by atoms with E-state index in [-0.39, 0.29) is 11.6 Å². The molecule has 0 radical (unpaired) electrons. The molecule has 0 aliphatic heterocycles. The van der Waals surface area contributed by atoms with Crippen LogP contribution in [0.3, 0.4) is 0 Å². The topological polar surface area (TPSA) is 72.2 Å². The summed E-state index contributed by atoms with van der Waals surface area (Å²) in [4.78, 5) is 21.6. The molecule has 0 heterocycles. The maximum Gasteiger partial charge on any atom is 0.270 e. The fourth-order valence-electron chi connectivity index (χ4n) is 1.13. The average molecular weight is 334 g/mol. The molecular formula is C10H11IN2O3. The SMILES string of the molecule is O=C(NCCCI)c1cccc([N+](=O)[O-])c1. The first-order valence-electron chi connectivity index (χ1n) is 4.74. The van der Waals surface area contributed by atoms with E-state index in [1.54, 1.807) is 6.07 Å². The van der Waals surface area contributed by atoms with E-state index in [0.29, 0.717) is 12.1 Å². The number of nitro benzene ring substituents is 1. The molecule has 0 spiro atoms. The number of carbonyl (C=O) groups is 1. The highest BCUT2D eigenvalue weighted by atomic mass is 127. The first-order chi connectivity index (χ1) is 7.65. The number of non-ortho nitro benzene ring substituents is 1. The minimum atomic E-state index is -0.512. The lowest BCUT2D eigenvalue weighted by molar-refractivity contribution is -0.384. The molecule has 1 amide bonds. The maximum atomic E-state index is 11.6. The van der Waals surface area contributed by atoms with Crippen LogP contribution in [0.2, 0.25) is 0 Å². The molecule has 0 unspecified atom stereocenters. The van der Waals surface area contributed by atoms with Gasteiger partial charge in [-0.1, -0.05) is 28.7 Å². The second kappa shape index (κ2) is 6.41. The van der Waals surface area contributed by atoms with E-state index in [1.165, 1.54) is 18.2 Å². The highest BCUT2D eigenvalue weighted by molar-refractivity contribution is 14.1. The average Bonchev–Trinajstić information content (AvgIpc) is 2.29. The Morgan fingerprint density at radius 2 is 2.25 bits per heavy atom. The number of nitrogens with zero attached hydrogens (tertiary/aromatic N) is 1. The van der Waals surface area contributed by atoms with Gasteiger partial charge in [-0.3, -0.25) is 14.9 Å². The predicted octanol–water partition coefficient (Wildman–Crippen LogP) is 2.15. The molecule has 6 heteroatoms. The number of rotatable bonds is 5. The van der Waals surface area contributed by atoms with E-state index in [9.17, 15) is 14.9 Å². The van der Waals surface area contributed by atoms with Crippen molar-refractivity contribution in [2.24, 2.45) is 0 Å². The molecule has 0 aromatic heterocycles. The third-order valence-corrected chi connectivity index (χ3v) is 2.68. The number of nitrogens with one attached hydrogen (secondary N) is 1. The molecule has 0 aliphatic carbocycles. The number of hydrogen-bond acceptors (Lipinski definition) is 3. The monoisotopic (exact) mass is 334 g/mol. The van der Waals surface area contributed by atoms with Crippen LogP contribution in [0.1, 0.15) is 16.8 Å². The summed E-state index contributed by atoms with van der Waals surface area (Å²) < 4.78 is 0.965. The fraction of sp³-hybridized carbons (Fsp3) is 0.300. The lowest BCUT2D eigenvalue weighted by Crippen LogP contribution is -2.24. The molecule has 1 aromatic rings. The van der Waals surface area contributed by atoms with Crippen molar-refractivity contribution in [2.45, 2.75) is 6.42 Å². The Kier molecular flexibility index (Phi) is 5.17. The number of amides is 1. The summed E-state index contributed by atoms with van der Waals surface area (Å²) in [6.45, 7) is 0.588. The van der Waals surface area contributed by atoms with Crippen LogP contribution in [0.5, 0.6) is 0 Å². The number of halogens is 1. The number of carbonyl (C=O) groups excluding carboxylic acids is 1. The third kappa shape index (κ3) is 3.76. The Hall–Kier alpha value is -1.18. The van der Waals surface area contributed by atoms with Crippen LogP contribution in [-0.2, 0) is 0 Å². The summed E-state index contributed by atoms with van der Waals surface area (Å²) >= 11 is 2.22. The lowest BCUT2D eigenvalue weighted by Gasteiger charge is -2.03. The summed E-state index contributed by atoms with van der Waals surface area (Å²) in [7, 11) is 0. The van der Waals surface area contributed by atoms with Gasteiger partial charge >= 0.3 is 0 Å². The standard InChI is InChI=1S/C10H11IN2O3/c11-5-2-6-12-10(14)8-3-1-4-9(7-8)13(15)16/h1,3-4,7H,2,5-6H2,(H,12,14). The first kappa shape index (κ1) is 12.9. The molecular weight excluding hydrogens is 323 g/mol. The van der Waals surface area contributed by atoms with Gasteiger partial charge < -0.3 is 5.32 Å². The minimum absolute atomic E-state index is 0.0680. The quantitative estimate of drug-likeness (QED) is 0.295. The first-order valence-corrected chi connectivity index (χ1v) is 6.26. The molecule has 0 saturated carbocycles. The largest absolute Gasteiger partial charge is 0.352 e. The molecule has 1 aromatic carbocycles. The second-order valence-electron chi connectivity index (χ2n) is 3.11. The van der Waals surface area contributed by atoms with Crippen molar-refractivity contribution in [1.29, 1.82) is 0 Å².